The van der Waals surface area contributed by atoms with Gasteiger partial charge in [0.15, 0.2) is 0 Å². The van der Waals surface area contributed by atoms with Gasteiger partial charge in [-0.05, 0) is 37.0 Å². The van der Waals surface area contributed by atoms with Crippen LogP contribution in [0.2, 0.25) is 5.02 Å². The molecule has 0 amide bonds. The van der Waals surface area contributed by atoms with Gasteiger partial charge >= 0.3 is 0 Å². The first-order valence-corrected chi connectivity index (χ1v) is 7.24. The summed E-state index contributed by atoms with van der Waals surface area (Å²) in [5.74, 6) is 0.914. The fraction of sp³-hybridized carbons (Fsp3) is 0.500. The van der Waals surface area contributed by atoms with Gasteiger partial charge in [0.25, 0.3) is 0 Å². The number of anilines is 1. The number of thiocarbonyl (C=S) groups is 1. The molecule has 18 heavy (non-hydrogen) atoms. The van der Waals surface area contributed by atoms with Crippen molar-refractivity contribution in [2.45, 2.75) is 38.6 Å². The molecule has 1 fully saturated rings. The summed E-state index contributed by atoms with van der Waals surface area (Å²) in [6.45, 7) is 2.21. The Morgan fingerprint density at radius 1 is 1.56 bits per heavy atom. The number of benzene rings is 1. The largest absolute Gasteiger partial charge is 0.389 e. The summed E-state index contributed by atoms with van der Waals surface area (Å²) in [6.07, 6.45) is 5.12. The molecule has 4 heteroatoms. The zero-order valence-corrected chi connectivity index (χ0v) is 12.2. The second kappa shape index (κ2) is 5.89. The molecule has 0 saturated heterocycles. The number of nitrogens with one attached hydrogen (secondary N) is 1. The van der Waals surface area contributed by atoms with Crippen molar-refractivity contribution in [3.8, 4) is 0 Å². The Kier molecular flexibility index (Phi) is 4.46. The highest BCUT2D eigenvalue weighted by Gasteiger charge is 2.24. The van der Waals surface area contributed by atoms with Gasteiger partial charge in [0.1, 0.15) is 4.99 Å². The molecule has 0 bridgehead atoms. The van der Waals surface area contributed by atoms with Crippen LogP contribution in [0.5, 0.6) is 0 Å². The highest BCUT2D eigenvalue weighted by Crippen LogP contribution is 2.35. The van der Waals surface area contributed by atoms with E-state index >= 15 is 0 Å². The fourth-order valence-electron chi connectivity index (χ4n) is 2.09. The van der Waals surface area contributed by atoms with Gasteiger partial charge in [-0.1, -0.05) is 43.6 Å². The lowest BCUT2D eigenvalue weighted by Crippen LogP contribution is -2.19. The lowest BCUT2D eigenvalue weighted by molar-refractivity contribution is 0.587. The fourth-order valence-corrected chi connectivity index (χ4v) is 2.45. The molecule has 1 aromatic rings. The Morgan fingerprint density at radius 3 is 2.78 bits per heavy atom. The third-order valence-corrected chi connectivity index (χ3v) is 3.97. The van der Waals surface area contributed by atoms with Crippen molar-refractivity contribution >= 4 is 34.5 Å². The van der Waals surface area contributed by atoms with Gasteiger partial charge < -0.3 is 11.1 Å². The minimum Gasteiger partial charge on any atom is -0.389 e. The van der Waals surface area contributed by atoms with Crippen LogP contribution in [0.25, 0.3) is 0 Å². The molecule has 3 N–H and O–H groups in total. The summed E-state index contributed by atoms with van der Waals surface area (Å²) in [5.41, 5.74) is 7.38. The molecule has 0 heterocycles. The van der Waals surface area contributed by atoms with Gasteiger partial charge in [-0.2, -0.15) is 0 Å². The lowest BCUT2D eigenvalue weighted by Gasteiger charge is -2.19. The van der Waals surface area contributed by atoms with Gasteiger partial charge in [-0.3, -0.25) is 0 Å². The first-order chi connectivity index (χ1) is 8.60. The van der Waals surface area contributed by atoms with E-state index < -0.39 is 0 Å². The highest BCUT2D eigenvalue weighted by molar-refractivity contribution is 7.80. The molecule has 1 aliphatic rings. The third kappa shape index (κ3) is 3.59. The van der Waals surface area contributed by atoms with Crippen LogP contribution in [0.4, 0.5) is 5.69 Å². The van der Waals surface area contributed by atoms with Crippen LogP contribution in [-0.4, -0.2) is 11.0 Å². The van der Waals surface area contributed by atoms with E-state index in [2.05, 4.69) is 12.2 Å². The minimum absolute atomic E-state index is 0.383. The van der Waals surface area contributed by atoms with Crippen LogP contribution in [-0.2, 0) is 0 Å². The van der Waals surface area contributed by atoms with E-state index in [4.69, 9.17) is 29.6 Å². The van der Waals surface area contributed by atoms with Crippen LogP contribution in [0, 0.1) is 5.92 Å². The predicted molar refractivity (Wildman–Crippen MR) is 82.4 cm³/mol. The zero-order chi connectivity index (χ0) is 13.1. The van der Waals surface area contributed by atoms with Crippen LogP contribution in [0.3, 0.4) is 0 Å². The average molecular weight is 283 g/mol. The molecule has 1 saturated carbocycles. The summed E-state index contributed by atoms with van der Waals surface area (Å²) in [5, 5.41) is 4.21. The van der Waals surface area contributed by atoms with Gasteiger partial charge in [0.05, 0.1) is 10.7 Å². The lowest BCUT2D eigenvalue weighted by atomic mass is 10.1. The van der Waals surface area contributed by atoms with E-state index in [0.717, 1.165) is 23.6 Å². The van der Waals surface area contributed by atoms with Crippen molar-refractivity contribution in [3.63, 3.8) is 0 Å². The van der Waals surface area contributed by atoms with Gasteiger partial charge in [0, 0.05) is 11.6 Å². The van der Waals surface area contributed by atoms with Crippen molar-refractivity contribution < 1.29 is 0 Å². The standard InChI is InChI=1S/C14H19ClN2S/c1-2-11(7-9-3-4-9)17-13-6-5-10(14(16)18)8-12(13)15/h5-6,8-9,11,17H,2-4,7H2,1H3,(H2,16,18). The first kappa shape index (κ1) is 13.6. The van der Waals surface area contributed by atoms with Crippen LogP contribution < -0.4 is 11.1 Å². The number of halogens is 1. The molecular weight excluding hydrogens is 264 g/mol. The molecule has 1 aromatic carbocycles. The molecular formula is C14H19ClN2S. The highest BCUT2D eigenvalue weighted by atomic mass is 35.5. The maximum Gasteiger partial charge on any atom is 0.104 e. The number of hydrogen-bond donors (Lipinski definition) is 2. The molecule has 2 nitrogen and oxygen atoms in total. The Morgan fingerprint density at radius 2 is 2.28 bits per heavy atom. The Labute approximate surface area is 119 Å². The number of rotatable bonds is 6. The minimum atomic E-state index is 0.383. The summed E-state index contributed by atoms with van der Waals surface area (Å²) in [6, 6.07) is 6.22. The van der Waals surface area contributed by atoms with Crippen LogP contribution in [0.1, 0.15) is 38.2 Å². The maximum absolute atomic E-state index is 6.25. The molecule has 1 unspecified atom stereocenters. The molecule has 1 aliphatic carbocycles. The van der Waals surface area contributed by atoms with Crippen LogP contribution in [0.15, 0.2) is 18.2 Å². The van der Waals surface area contributed by atoms with Gasteiger partial charge in [-0.25, -0.2) is 0 Å². The topological polar surface area (TPSA) is 38.0 Å². The molecule has 2 rings (SSSR count). The molecule has 1 atom stereocenters. The summed E-state index contributed by atoms with van der Waals surface area (Å²) in [4.78, 5) is 0.383. The quantitative estimate of drug-likeness (QED) is 0.776. The SMILES string of the molecule is CCC(CC1CC1)Nc1ccc(C(N)=S)cc1Cl. The summed E-state index contributed by atoms with van der Waals surface area (Å²) >= 11 is 11.2. The average Bonchev–Trinajstić information content (AvgIpc) is 3.14. The first-order valence-electron chi connectivity index (χ1n) is 6.46. The van der Waals surface area contributed by atoms with E-state index in [-0.39, 0.29) is 0 Å². The van der Waals surface area contributed by atoms with Gasteiger partial charge in [-0.15, -0.1) is 0 Å². The van der Waals surface area contributed by atoms with E-state index in [0.29, 0.717) is 16.1 Å². The van der Waals surface area contributed by atoms with Crippen molar-refractivity contribution in [1.82, 2.24) is 0 Å². The number of hydrogen-bond acceptors (Lipinski definition) is 2. The van der Waals surface area contributed by atoms with Crippen LogP contribution >= 0.6 is 23.8 Å². The number of nitrogens with two attached hydrogens (primary N) is 1. The summed E-state index contributed by atoms with van der Waals surface area (Å²) in [7, 11) is 0. The van der Waals surface area contributed by atoms with E-state index in [1.54, 1.807) is 0 Å². The third-order valence-electron chi connectivity index (χ3n) is 3.42. The van der Waals surface area contributed by atoms with Crippen molar-refractivity contribution in [2.24, 2.45) is 11.7 Å². The Hall–Kier alpha value is -0.800. The normalized spacial score (nSPS) is 16.3. The van der Waals surface area contributed by atoms with E-state index in [1.807, 2.05) is 18.2 Å². The zero-order valence-electron chi connectivity index (χ0n) is 10.6. The molecule has 0 radical (unpaired) electrons. The van der Waals surface area contributed by atoms with Gasteiger partial charge in [0.2, 0.25) is 0 Å². The van der Waals surface area contributed by atoms with Crippen molar-refractivity contribution in [2.75, 3.05) is 5.32 Å². The summed E-state index contributed by atoms with van der Waals surface area (Å²) < 4.78 is 0. The molecule has 0 aromatic heterocycles. The Balaban J connectivity index is 2.05. The van der Waals surface area contributed by atoms with Crippen molar-refractivity contribution in [3.05, 3.63) is 28.8 Å². The maximum atomic E-state index is 6.25. The van der Waals surface area contributed by atoms with Crippen molar-refractivity contribution in [1.29, 1.82) is 0 Å². The smallest absolute Gasteiger partial charge is 0.104 e. The second-order valence-corrected chi connectivity index (χ2v) is 5.83. The van der Waals surface area contributed by atoms with E-state index in [9.17, 15) is 0 Å². The Bertz CT molecular complexity index is 443. The molecule has 0 spiro atoms. The second-order valence-electron chi connectivity index (χ2n) is 4.99. The monoisotopic (exact) mass is 282 g/mol. The molecule has 98 valence electrons. The predicted octanol–water partition coefficient (Wildman–Crippen LogP) is 3.96. The van der Waals surface area contributed by atoms with E-state index in [1.165, 1.54) is 19.3 Å². The molecule has 0 aliphatic heterocycles.